The Balaban J connectivity index is 2.04. The first-order valence-corrected chi connectivity index (χ1v) is 14.8. The van der Waals surface area contributed by atoms with Gasteiger partial charge in [0.05, 0.1) is 17.6 Å². The van der Waals surface area contributed by atoms with Crippen LogP contribution in [-0.4, -0.2) is 47.4 Å². The molecule has 1 aliphatic rings. The van der Waals surface area contributed by atoms with Gasteiger partial charge in [-0.05, 0) is 58.0 Å². The number of rotatable bonds is 8. The molecule has 172 valence electrons. The van der Waals surface area contributed by atoms with Crippen molar-refractivity contribution in [2.75, 3.05) is 6.61 Å². The van der Waals surface area contributed by atoms with Gasteiger partial charge < -0.3 is 13.9 Å². The van der Waals surface area contributed by atoms with Gasteiger partial charge in [-0.3, -0.25) is 4.18 Å². The fourth-order valence-electron chi connectivity index (χ4n) is 3.23. The van der Waals surface area contributed by atoms with E-state index in [2.05, 4.69) is 33.9 Å². The van der Waals surface area contributed by atoms with Crippen molar-refractivity contribution in [1.82, 2.24) is 0 Å². The molecule has 0 spiro atoms. The maximum atomic E-state index is 12.6. The lowest BCUT2D eigenvalue weighted by Gasteiger charge is -2.39. The summed E-state index contributed by atoms with van der Waals surface area (Å²) in [5.74, 6) is -0.803. The summed E-state index contributed by atoms with van der Waals surface area (Å²) in [6, 6.07) is 6.59. The lowest BCUT2D eigenvalue weighted by atomic mass is 10.1. The third-order valence-electron chi connectivity index (χ3n) is 5.85. The molecule has 1 fully saturated rings. The molecule has 0 radical (unpaired) electrons. The molecule has 0 N–H and O–H groups in total. The maximum Gasteiger partial charge on any atom is 0.297 e. The van der Waals surface area contributed by atoms with E-state index in [9.17, 15) is 8.42 Å². The van der Waals surface area contributed by atoms with Crippen molar-refractivity contribution in [3.8, 4) is 0 Å². The molecule has 30 heavy (non-hydrogen) atoms. The molecule has 0 aromatic heterocycles. The summed E-state index contributed by atoms with van der Waals surface area (Å²) >= 11 is 0. The summed E-state index contributed by atoms with van der Waals surface area (Å²) in [6.45, 7) is 18.5. The Morgan fingerprint density at radius 3 is 2.17 bits per heavy atom. The number of hydrogen-bond acceptors (Lipinski definition) is 6. The van der Waals surface area contributed by atoms with Crippen molar-refractivity contribution < 1.29 is 26.5 Å². The highest BCUT2D eigenvalue weighted by molar-refractivity contribution is 7.86. The topological polar surface area (TPSA) is 71.1 Å². The van der Waals surface area contributed by atoms with Crippen LogP contribution in [0.15, 0.2) is 29.2 Å². The molecule has 1 heterocycles. The summed E-state index contributed by atoms with van der Waals surface area (Å²) in [4.78, 5) is 0.137. The molecule has 2 rings (SSSR count). The standard InChI is InChI=1S/C22H38O6SSi/c1-16-10-12-18(13-11-16)29(23,24)25-15-20-19(26-22(6,7)27-20)14-17(2)28-30(8,9)21(3,4)5/h10-13,17,19-20H,14-15H2,1-9H3/t17-,19+,20+/m1/s1. The molecule has 0 saturated carbocycles. The summed E-state index contributed by atoms with van der Waals surface area (Å²) in [5, 5.41) is 0.109. The Morgan fingerprint density at radius 2 is 1.63 bits per heavy atom. The Labute approximate surface area is 183 Å². The van der Waals surface area contributed by atoms with Gasteiger partial charge in [-0.2, -0.15) is 8.42 Å². The SMILES string of the molecule is Cc1ccc(S(=O)(=O)OC[C@@H]2OC(C)(C)O[C@H]2C[C@@H](C)O[Si](C)(C)C(C)(C)C)cc1. The first-order chi connectivity index (χ1) is 13.5. The molecule has 0 unspecified atom stereocenters. The van der Waals surface area contributed by atoms with Crippen molar-refractivity contribution in [3.63, 3.8) is 0 Å². The van der Waals surface area contributed by atoms with Crippen LogP contribution in [0.5, 0.6) is 0 Å². The molecule has 1 aliphatic heterocycles. The van der Waals surface area contributed by atoms with Crippen LogP contribution < -0.4 is 0 Å². The second-order valence-electron chi connectivity index (χ2n) is 10.2. The van der Waals surface area contributed by atoms with Gasteiger partial charge in [-0.25, -0.2) is 0 Å². The Morgan fingerprint density at radius 1 is 1.10 bits per heavy atom. The van der Waals surface area contributed by atoms with Gasteiger partial charge in [0.1, 0.15) is 6.10 Å². The van der Waals surface area contributed by atoms with Crippen molar-refractivity contribution >= 4 is 18.4 Å². The largest absolute Gasteiger partial charge is 0.414 e. The summed E-state index contributed by atoms with van der Waals surface area (Å²) in [7, 11) is -5.78. The van der Waals surface area contributed by atoms with Crippen LogP contribution in [0.3, 0.4) is 0 Å². The maximum absolute atomic E-state index is 12.6. The highest BCUT2D eigenvalue weighted by atomic mass is 32.2. The fraction of sp³-hybridized carbons (Fsp3) is 0.727. The van der Waals surface area contributed by atoms with Crippen LogP contribution in [-0.2, 0) is 28.2 Å². The average Bonchev–Trinajstić information content (AvgIpc) is 2.85. The molecule has 1 saturated heterocycles. The Bertz CT molecular complexity index is 811. The highest BCUT2D eigenvalue weighted by Gasteiger charge is 2.44. The van der Waals surface area contributed by atoms with Crippen LogP contribution >= 0.6 is 0 Å². The van der Waals surface area contributed by atoms with Gasteiger partial charge in [0.2, 0.25) is 0 Å². The van der Waals surface area contributed by atoms with E-state index in [1.807, 2.05) is 27.7 Å². The molecule has 6 nitrogen and oxygen atoms in total. The van der Waals surface area contributed by atoms with E-state index in [1.54, 1.807) is 24.3 Å². The average molecular weight is 459 g/mol. The van der Waals surface area contributed by atoms with Gasteiger partial charge in [0, 0.05) is 12.5 Å². The second-order valence-corrected chi connectivity index (χ2v) is 16.6. The quantitative estimate of drug-likeness (QED) is 0.402. The monoisotopic (exact) mass is 458 g/mol. The third kappa shape index (κ3) is 6.61. The number of benzene rings is 1. The summed E-state index contributed by atoms with van der Waals surface area (Å²) in [5.41, 5.74) is 0.985. The predicted octanol–water partition coefficient (Wildman–Crippen LogP) is 5.02. The number of aryl methyl sites for hydroxylation is 1. The molecular formula is C22H38O6SSi. The van der Waals surface area contributed by atoms with E-state index in [0.717, 1.165) is 5.56 Å². The fourth-order valence-corrected chi connectivity index (χ4v) is 5.61. The normalized spacial score (nSPS) is 23.5. The van der Waals surface area contributed by atoms with E-state index in [0.29, 0.717) is 6.42 Å². The lowest BCUT2D eigenvalue weighted by molar-refractivity contribution is -0.149. The van der Waals surface area contributed by atoms with Crippen molar-refractivity contribution in [3.05, 3.63) is 29.8 Å². The first kappa shape index (κ1) is 25.5. The zero-order valence-corrected chi connectivity index (χ0v) is 21.6. The molecule has 0 amide bonds. The van der Waals surface area contributed by atoms with Gasteiger partial charge in [-0.1, -0.05) is 38.5 Å². The molecular weight excluding hydrogens is 420 g/mol. The number of hydrogen-bond donors (Lipinski definition) is 0. The lowest BCUT2D eigenvalue weighted by Crippen LogP contribution is -2.44. The van der Waals surface area contributed by atoms with Crippen LogP contribution in [0.2, 0.25) is 18.1 Å². The van der Waals surface area contributed by atoms with Crippen LogP contribution in [0.25, 0.3) is 0 Å². The van der Waals surface area contributed by atoms with Crippen molar-refractivity contribution in [2.45, 2.75) is 102 Å². The second kappa shape index (κ2) is 9.00. The van der Waals surface area contributed by atoms with E-state index in [-0.39, 0.29) is 28.7 Å². The molecule has 3 atom stereocenters. The summed E-state index contributed by atoms with van der Waals surface area (Å²) in [6.07, 6.45) is -0.238. The predicted molar refractivity (Wildman–Crippen MR) is 121 cm³/mol. The van der Waals surface area contributed by atoms with Crippen LogP contribution in [0, 0.1) is 6.92 Å². The highest BCUT2D eigenvalue weighted by Crippen LogP contribution is 2.39. The Kier molecular flexibility index (Phi) is 7.64. The smallest absolute Gasteiger partial charge is 0.297 e. The van der Waals surface area contributed by atoms with Crippen molar-refractivity contribution in [2.24, 2.45) is 0 Å². The molecule has 1 aromatic rings. The van der Waals surface area contributed by atoms with Crippen molar-refractivity contribution in [1.29, 1.82) is 0 Å². The third-order valence-corrected chi connectivity index (χ3v) is 11.7. The minimum absolute atomic E-state index is 0.0374. The van der Waals surface area contributed by atoms with Gasteiger partial charge in [0.15, 0.2) is 14.1 Å². The molecule has 0 aliphatic carbocycles. The van der Waals surface area contributed by atoms with Gasteiger partial charge >= 0.3 is 0 Å². The van der Waals surface area contributed by atoms with E-state index in [4.69, 9.17) is 18.1 Å². The van der Waals surface area contributed by atoms with E-state index < -0.39 is 30.3 Å². The minimum atomic E-state index is -3.86. The summed E-state index contributed by atoms with van der Waals surface area (Å²) < 4.78 is 48.9. The van der Waals surface area contributed by atoms with Gasteiger partial charge in [0.25, 0.3) is 10.1 Å². The number of ether oxygens (including phenoxy) is 2. The molecule has 8 heteroatoms. The zero-order chi connectivity index (χ0) is 23.0. The zero-order valence-electron chi connectivity index (χ0n) is 19.8. The minimum Gasteiger partial charge on any atom is -0.414 e. The first-order valence-electron chi connectivity index (χ1n) is 10.5. The van der Waals surface area contributed by atoms with Gasteiger partial charge in [-0.15, -0.1) is 0 Å². The molecule has 1 aromatic carbocycles. The van der Waals surface area contributed by atoms with E-state index >= 15 is 0 Å². The van der Waals surface area contributed by atoms with E-state index in [1.165, 1.54) is 0 Å². The molecule has 0 bridgehead atoms. The van der Waals surface area contributed by atoms with Crippen LogP contribution in [0.4, 0.5) is 0 Å². The Hall–Kier alpha value is -0.773. The van der Waals surface area contributed by atoms with Crippen LogP contribution in [0.1, 0.15) is 53.5 Å².